The molecule has 0 saturated carbocycles. The third-order valence-corrected chi connectivity index (χ3v) is 4.82. The first-order valence-corrected chi connectivity index (χ1v) is 7.57. The van der Waals surface area contributed by atoms with Gasteiger partial charge >= 0.3 is 0 Å². The Labute approximate surface area is 124 Å². The molecule has 0 bridgehead atoms. The van der Waals surface area contributed by atoms with Crippen LogP contribution in [-0.4, -0.2) is 29.3 Å². The topological polar surface area (TPSA) is 20.3 Å². The molecule has 1 aliphatic rings. The predicted octanol–water partition coefficient (Wildman–Crippen LogP) is 3.86. The molecule has 0 radical (unpaired) electrons. The Balaban J connectivity index is 2.18. The van der Waals surface area contributed by atoms with E-state index in [0.717, 1.165) is 32.4 Å². The van der Waals surface area contributed by atoms with Crippen molar-refractivity contribution in [3.8, 4) is 0 Å². The van der Waals surface area contributed by atoms with Gasteiger partial charge in [0.25, 0.3) is 0 Å². The van der Waals surface area contributed by atoms with Crippen LogP contribution < -0.4 is 0 Å². The number of hydrogen-bond acceptors (Lipinski definition) is 2. The van der Waals surface area contributed by atoms with Crippen molar-refractivity contribution >= 4 is 17.4 Å². The van der Waals surface area contributed by atoms with E-state index in [1.165, 1.54) is 18.2 Å². The summed E-state index contributed by atoms with van der Waals surface area (Å²) in [7, 11) is 0. The number of halogens is 2. The first-order chi connectivity index (χ1) is 9.47. The van der Waals surface area contributed by atoms with Crippen molar-refractivity contribution in [1.29, 1.82) is 0 Å². The van der Waals surface area contributed by atoms with Gasteiger partial charge < -0.3 is 0 Å². The molecule has 1 heterocycles. The maximum Gasteiger partial charge on any atom is 0.157 e. The molecule has 1 aliphatic heterocycles. The van der Waals surface area contributed by atoms with E-state index in [4.69, 9.17) is 11.6 Å². The molecule has 110 valence electrons. The first-order valence-electron chi connectivity index (χ1n) is 7.19. The SMILES string of the molecule is CCC(C)(C(=O)Cc1cc(F)ccc1Cl)N1CCCC1. The second-order valence-corrected chi connectivity index (χ2v) is 6.06. The van der Waals surface area contributed by atoms with Gasteiger partial charge in [-0.25, -0.2) is 4.39 Å². The molecule has 1 fully saturated rings. The summed E-state index contributed by atoms with van der Waals surface area (Å²) in [5, 5.41) is 0.458. The molecule has 1 saturated heterocycles. The van der Waals surface area contributed by atoms with Crippen LogP contribution in [0, 0.1) is 5.82 Å². The van der Waals surface area contributed by atoms with Crippen molar-refractivity contribution in [1.82, 2.24) is 4.90 Å². The fourth-order valence-electron chi connectivity index (χ4n) is 2.85. The fraction of sp³-hybridized carbons (Fsp3) is 0.562. The average Bonchev–Trinajstić information content (AvgIpc) is 2.96. The van der Waals surface area contributed by atoms with Crippen LogP contribution in [0.5, 0.6) is 0 Å². The second kappa shape index (κ2) is 6.23. The Kier molecular flexibility index (Phi) is 4.82. The minimum Gasteiger partial charge on any atom is -0.297 e. The average molecular weight is 298 g/mol. The first kappa shape index (κ1) is 15.5. The Morgan fingerprint density at radius 1 is 1.40 bits per heavy atom. The molecule has 2 nitrogen and oxygen atoms in total. The molecule has 2 rings (SSSR count). The number of likely N-dealkylation sites (tertiary alicyclic amines) is 1. The summed E-state index contributed by atoms with van der Waals surface area (Å²) < 4.78 is 13.3. The standard InChI is InChI=1S/C16H21ClFNO/c1-3-16(2,19-8-4-5-9-19)15(20)11-12-10-13(18)6-7-14(12)17/h6-7,10H,3-5,8-9,11H2,1-2H3. The normalized spacial score (nSPS) is 19.0. The summed E-state index contributed by atoms with van der Waals surface area (Å²) in [6.45, 7) is 5.96. The summed E-state index contributed by atoms with van der Waals surface area (Å²) in [5.41, 5.74) is 0.113. The van der Waals surface area contributed by atoms with Crippen molar-refractivity contribution in [2.45, 2.75) is 45.1 Å². The zero-order valence-electron chi connectivity index (χ0n) is 12.1. The molecular formula is C16H21ClFNO. The highest BCUT2D eigenvalue weighted by molar-refractivity contribution is 6.31. The third-order valence-electron chi connectivity index (χ3n) is 4.45. The zero-order chi connectivity index (χ0) is 14.8. The van der Waals surface area contributed by atoms with E-state index in [1.54, 1.807) is 0 Å². The summed E-state index contributed by atoms with van der Waals surface area (Å²) >= 11 is 6.06. The Bertz CT molecular complexity index is 499. The molecule has 4 heteroatoms. The highest BCUT2D eigenvalue weighted by Crippen LogP contribution is 2.28. The number of hydrogen-bond donors (Lipinski definition) is 0. The van der Waals surface area contributed by atoms with Crippen molar-refractivity contribution in [3.05, 3.63) is 34.6 Å². The van der Waals surface area contributed by atoms with Gasteiger partial charge in [-0.3, -0.25) is 9.69 Å². The Morgan fingerprint density at radius 3 is 2.65 bits per heavy atom. The smallest absolute Gasteiger partial charge is 0.157 e. The van der Waals surface area contributed by atoms with Crippen LogP contribution in [-0.2, 0) is 11.2 Å². The van der Waals surface area contributed by atoms with Crippen LogP contribution in [0.15, 0.2) is 18.2 Å². The van der Waals surface area contributed by atoms with Crippen LogP contribution >= 0.6 is 11.6 Å². The van der Waals surface area contributed by atoms with Crippen LogP contribution in [0.1, 0.15) is 38.7 Å². The van der Waals surface area contributed by atoms with Gasteiger partial charge in [0.2, 0.25) is 0 Å². The lowest BCUT2D eigenvalue weighted by Gasteiger charge is -2.36. The number of benzene rings is 1. The van der Waals surface area contributed by atoms with Crippen LogP contribution in [0.25, 0.3) is 0 Å². The number of Topliss-reactive ketones (excluding diaryl/α,β-unsaturated/α-hetero) is 1. The predicted molar refractivity (Wildman–Crippen MR) is 79.6 cm³/mol. The number of carbonyl (C=O) groups excluding carboxylic acids is 1. The molecule has 0 aliphatic carbocycles. The van der Waals surface area contributed by atoms with E-state index in [0.29, 0.717) is 10.6 Å². The zero-order valence-corrected chi connectivity index (χ0v) is 12.8. The van der Waals surface area contributed by atoms with E-state index in [2.05, 4.69) is 4.90 Å². The molecule has 0 amide bonds. The van der Waals surface area contributed by atoms with Gasteiger partial charge in [0.05, 0.1) is 5.54 Å². The summed E-state index contributed by atoms with van der Waals surface area (Å²) in [6, 6.07) is 4.19. The number of rotatable bonds is 5. The molecule has 20 heavy (non-hydrogen) atoms. The monoisotopic (exact) mass is 297 g/mol. The molecular weight excluding hydrogens is 277 g/mol. The van der Waals surface area contributed by atoms with Crippen LogP contribution in [0.2, 0.25) is 5.02 Å². The van der Waals surface area contributed by atoms with Gasteiger partial charge in [-0.1, -0.05) is 18.5 Å². The largest absolute Gasteiger partial charge is 0.297 e. The Hall–Kier alpha value is -0.930. The lowest BCUT2D eigenvalue weighted by Crippen LogP contribution is -2.51. The van der Waals surface area contributed by atoms with E-state index in [9.17, 15) is 9.18 Å². The lowest BCUT2D eigenvalue weighted by molar-refractivity contribution is -0.129. The highest BCUT2D eigenvalue weighted by Gasteiger charge is 2.38. The van der Waals surface area contributed by atoms with Crippen LogP contribution in [0.4, 0.5) is 4.39 Å². The number of nitrogens with zero attached hydrogens (tertiary/aromatic N) is 1. The second-order valence-electron chi connectivity index (χ2n) is 5.66. The highest BCUT2D eigenvalue weighted by atomic mass is 35.5. The quantitative estimate of drug-likeness (QED) is 0.822. The maximum absolute atomic E-state index is 13.3. The molecule has 1 aromatic rings. The van der Waals surface area contributed by atoms with E-state index in [1.807, 2.05) is 13.8 Å². The fourth-order valence-corrected chi connectivity index (χ4v) is 3.03. The van der Waals surface area contributed by atoms with Crippen molar-refractivity contribution < 1.29 is 9.18 Å². The minimum absolute atomic E-state index is 0.120. The van der Waals surface area contributed by atoms with E-state index < -0.39 is 5.54 Å². The van der Waals surface area contributed by atoms with Gasteiger partial charge in [0.1, 0.15) is 5.82 Å². The molecule has 1 aromatic carbocycles. The van der Waals surface area contributed by atoms with Gasteiger partial charge in [-0.15, -0.1) is 0 Å². The molecule has 0 aromatic heterocycles. The lowest BCUT2D eigenvalue weighted by atomic mass is 9.87. The Morgan fingerprint density at radius 2 is 2.05 bits per heavy atom. The van der Waals surface area contributed by atoms with Crippen molar-refractivity contribution in [2.24, 2.45) is 0 Å². The molecule has 1 unspecified atom stereocenters. The molecule has 0 N–H and O–H groups in total. The minimum atomic E-state index is -0.466. The van der Waals surface area contributed by atoms with Gasteiger partial charge in [0.15, 0.2) is 5.78 Å². The van der Waals surface area contributed by atoms with E-state index in [-0.39, 0.29) is 18.0 Å². The number of carbonyl (C=O) groups is 1. The van der Waals surface area contributed by atoms with Gasteiger partial charge in [-0.2, -0.15) is 0 Å². The molecule has 1 atom stereocenters. The van der Waals surface area contributed by atoms with Crippen molar-refractivity contribution in [3.63, 3.8) is 0 Å². The van der Waals surface area contributed by atoms with Gasteiger partial charge in [-0.05, 0) is 63.0 Å². The van der Waals surface area contributed by atoms with Crippen LogP contribution in [0.3, 0.4) is 0 Å². The molecule has 0 spiro atoms. The summed E-state index contributed by atoms with van der Waals surface area (Å²) in [6.07, 6.45) is 3.24. The number of ketones is 1. The van der Waals surface area contributed by atoms with Crippen molar-refractivity contribution in [2.75, 3.05) is 13.1 Å². The third kappa shape index (κ3) is 3.04. The summed E-state index contributed by atoms with van der Waals surface area (Å²) in [5.74, 6) is -0.231. The van der Waals surface area contributed by atoms with E-state index >= 15 is 0 Å². The summed E-state index contributed by atoms with van der Waals surface area (Å²) in [4.78, 5) is 14.9. The van der Waals surface area contributed by atoms with Gasteiger partial charge in [0, 0.05) is 11.4 Å². The maximum atomic E-state index is 13.3.